The van der Waals surface area contributed by atoms with E-state index in [2.05, 4.69) is 20.8 Å². The smallest absolute Gasteiger partial charge is 0.184 e. The molecule has 2 fully saturated rings. The SMILES string of the molecule is COc1ccc(C2OCC(COC3CC(C(C)C)CCC3C)O2)cc1. The van der Waals surface area contributed by atoms with Gasteiger partial charge in [0.05, 0.1) is 26.4 Å². The highest BCUT2D eigenvalue weighted by Gasteiger charge is 2.32. The molecular weight excluding hydrogens is 316 g/mol. The van der Waals surface area contributed by atoms with E-state index in [0.717, 1.165) is 23.1 Å². The average Bonchev–Trinajstić information content (AvgIpc) is 3.10. The highest BCUT2D eigenvalue weighted by atomic mass is 16.7. The van der Waals surface area contributed by atoms with Crippen LogP contribution >= 0.6 is 0 Å². The van der Waals surface area contributed by atoms with Crippen molar-refractivity contribution in [1.29, 1.82) is 0 Å². The second-order valence-electron chi connectivity index (χ2n) is 7.86. The summed E-state index contributed by atoms with van der Waals surface area (Å²) >= 11 is 0. The maximum Gasteiger partial charge on any atom is 0.184 e. The van der Waals surface area contributed by atoms with Crippen LogP contribution in [0.2, 0.25) is 0 Å². The number of methoxy groups -OCH3 is 1. The molecule has 0 spiro atoms. The first-order valence-electron chi connectivity index (χ1n) is 9.59. The molecule has 1 heterocycles. The molecule has 1 aromatic carbocycles. The van der Waals surface area contributed by atoms with Crippen LogP contribution in [0.3, 0.4) is 0 Å². The van der Waals surface area contributed by atoms with Gasteiger partial charge in [-0.05, 0) is 49.1 Å². The Morgan fingerprint density at radius 2 is 1.92 bits per heavy atom. The Morgan fingerprint density at radius 3 is 2.60 bits per heavy atom. The lowest BCUT2D eigenvalue weighted by molar-refractivity contribution is -0.0956. The molecule has 5 atom stereocenters. The predicted octanol–water partition coefficient (Wildman–Crippen LogP) is 4.59. The lowest BCUT2D eigenvalue weighted by Gasteiger charge is -2.36. The van der Waals surface area contributed by atoms with Gasteiger partial charge in [-0.1, -0.05) is 32.9 Å². The summed E-state index contributed by atoms with van der Waals surface area (Å²) in [6.45, 7) is 8.17. The molecule has 5 unspecified atom stereocenters. The minimum absolute atomic E-state index is 0.0127. The number of benzene rings is 1. The van der Waals surface area contributed by atoms with Crippen LogP contribution in [-0.2, 0) is 14.2 Å². The van der Waals surface area contributed by atoms with Gasteiger partial charge in [0.1, 0.15) is 11.9 Å². The van der Waals surface area contributed by atoms with E-state index in [-0.39, 0.29) is 12.4 Å². The van der Waals surface area contributed by atoms with Gasteiger partial charge in [0.2, 0.25) is 0 Å². The molecular formula is C21H32O4. The molecule has 1 aliphatic heterocycles. The molecule has 25 heavy (non-hydrogen) atoms. The quantitative estimate of drug-likeness (QED) is 0.754. The number of rotatable bonds is 6. The molecule has 4 heteroatoms. The monoisotopic (exact) mass is 348 g/mol. The molecule has 0 N–H and O–H groups in total. The minimum Gasteiger partial charge on any atom is -0.497 e. The summed E-state index contributed by atoms with van der Waals surface area (Å²) < 4.78 is 23.3. The second-order valence-corrected chi connectivity index (χ2v) is 7.86. The van der Waals surface area contributed by atoms with Crippen molar-refractivity contribution in [1.82, 2.24) is 0 Å². The van der Waals surface area contributed by atoms with Gasteiger partial charge in [-0.15, -0.1) is 0 Å². The fraction of sp³-hybridized carbons (Fsp3) is 0.714. The fourth-order valence-corrected chi connectivity index (χ4v) is 3.85. The van der Waals surface area contributed by atoms with E-state index >= 15 is 0 Å². The van der Waals surface area contributed by atoms with Gasteiger partial charge in [0, 0.05) is 5.56 Å². The van der Waals surface area contributed by atoms with Crippen molar-refractivity contribution < 1.29 is 18.9 Å². The molecule has 0 bridgehead atoms. The third-order valence-corrected chi connectivity index (χ3v) is 5.74. The molecule has 0 aromatic heterocycles. The van der Waals surface area contributed by atoms with Gasteiger partial charge in [-0.25, -0.2) is 0 Å². The molecule has 140 valence electrons. The number of hydrogen-bond acceptors (Lipinski definition) is 4. The van der Waals surface area contributed by atoms with Crippen LogP contribution in [0.15, 0.2) is 24.3 Å². The highest BCUT2D eigenvalue weighted by Crippen LogP contribution is 2.35. The van der Waals surface area contributed by atoms with Gasteiger partial charge in [0.15, 0.2) is 6.29 Å². The van der Waals surface area contributed by atoms with Gasteiger partial charge in [-0.2, -0.15) is 0 Å². The average molecular weight is 348 g/mol. The Balaban J connectivity index is 1.47. The van der Waals surface area contributed by atoms with Crippen LogP contribution < -0.4 is 4.74 Å². The maximum atomic E-state index is 6.26. The van der Waals surface area contributed by atoms with E-state index in [1.807, 2.05) is 24.3 Å². The molecule has 0 amide bonds. The Bertz CT molecular complexity index is 527. The van der Waals surface area contributed by atoms with Crippen molar-refractivity contribution in [3.8, 4) is 5.75 Å². The standard InChI is InChI=1S/C21H32O4/c1-14(2)17-6-5-15(3)20(11-17)23-12-19-13-24-21(25-19)16-7-9-18(22-4)10-8-16/h7-10,14-15,17,19-21H,5-6,11-13H2,1-4H3. The zero-order valence-electron chi connectivity index (χ0n) is 15.9. The van der Waals surface area contributed by atoms with Crippen molar-refractivity contribution >= 4 is 0 Å². The van der Waals surface area contributed by atoms with Gasteiger partial charge in [0.25, 0.3) is 0 Å². The van der Waals surface area contributed by atoms with E-state index in [9.17, 15) is 0 Å². The molecule has 0 radical (unpaired) electrons. The molecule has 3 rings (SSSR count). The Labute approximate surface area is 151 Å². The van der Waals surface area contributed by atoms with E-state index in [0.29, 0.717) is 25.2 Å². The van der Waals surface area contributed by atoms with Gasteiger partial charge >= 0.3 is 0 Å². The Morgan fingerprint density at radius 1 is 1.16 bits per heavy atom. The Kier molecular flexibility index (Phi) is 6.37. The van der Waals surface area contributed by atoms with Crippen LogP contribution in [0.1, 0.15) is 51.9 Å². The summed E-state index contributed by atoms with van der Waals surface area (Å²) in [5.74, 6) is 3.00. The first kappa shape index (κ1) is 18.7. The molecule has 2 aliphatic rings. The molecule has 1 saturated heterocycles. The van der Waals surface area contributed by atoms with Crippen molar-refractivity contribution in [2.24, 2.45) is 17.8 Å². The largest absolute Gasteiger partial charge is 0.497 e. The van der Waals surface area contributed by atoms with Crippen molar-refractivity contribution in [2.75, 3.05) is 20.3 Å². The van der Waals surface area contributed by atoms with Crippen LogP contribution in [0.25, 0.3) is 0 Å². The number of hydrogen-bond donors (Lipinski definition) is 0. The highest BCUT2D eigenvalue weighted by molar-refractivity contribution is 5.28. The molecule has 4 nitrogen and oxygen atoms in total. The Hall–Kier alpha value is -1.10. The molecule has 1 aromatic rings. The topological polar surface area (TPSA) is 36.9 Å². The first-order chi connectivity index (χ1) is 12.1. The van der Waals surface area contributed by atoms with Crippen molar-refractivity contribution in [2.45, 2.75) is 58.5 Å². The number of ether oxygens (including phenoxy) is 4. The molecule has 1 aliphatic carbocycles. The predicted molar refractivity (Wildman–Crippen MR) is 97.6 cm³/mol. The third kappa shape index (κ3) is 4.75. The molecule has 1 saturated carbocycles. The van der Waals surface area contributed by atoms with Crippen molar-refractivity contribution in [3.63, 3.8) is 0 Å². The maximum absolute atomic E-state index is 6.26. The summed E-state index contributed by atoms with van der Waals surface area (Å²) in [7, 11) is 1.67. The van der Waals surface area contributed by atoms with Gasteiger partial charge < -0.3 is 18.9 Å². The zero-order chi connectivity index (χ0) is 17.8. The van der Waals surface area contributed by atoms with E-state index in [1.165, 1.54) is 19.3 Å². The van der Waals surface area contributed by atoms with Crippen LogP contribution in [0.5, 0.6) is 5.75 Å². The summed E-state index contributed by atoms with van der Waals surface area (Å²) in [6.07, 6.45) is 3.84. The summed E-state index contributed by atoms with van der Waals surface area (Å²) in [6, 6.07) is 7.84. The zero-order valence-corrected chi connectivity index (χ0v) is 15.9. The van der Waals surface area contributed by atoms with Crippen LogP contribution in [-0.4, -0.2) is 32.5 Å². The van der Waals surface area contributed by atoms with E-state index in [4.69, 9.17) is 18.9 Å². The second kappa shape index (κ2) is 8.52. The van der Waals surface area contributed by atoms with E-state index in [1.54, 1.807) is 7.11 Å². The summed E-state index contributed by atoms with van der Waals surface area (Å²) in [5, 5.41) is 0. The van der Waals surface area contributed by atoms with Crippen LogP contribution in [0.4, 0.5) is 0 Å². The summed E-state index contributed by atoms with van der Waals surface area (Å²) in [5.41, 5.74) is 1.02. The van der Waals surface area contributed by atoms with Gasteiger partial charge in [-0.3, -0.25) is 0 Å². The lowest BCUT2D eigenvalue weighted by atomic mass is 9.76. The fourth-order valence-electron chi connectivity index (χ4n) is 3.85. The third-order valence-electron chi connectivity index (χ3n) is 5.74. The van der Waals surface area contributed by atoms with Crippen LogP contribution in [0, 0.1) is 17.8 Å². The van der Waals surface area contributed by atoms with E-state index < -0.39 is 0 Å². The summed E-state index contributed by atoms with van der Waals surface area (Å²) in [4.78, 5) is 0. The normalized spacial score (nSPS) is 32.9. The minimum atomic E-state index is -0.299. The lowest BCUT2D eigenvalue weighted by Crippen LogP contribution is -2.34. The van der Waals surface area contributed by atoms with Crippen molar-refractivity contribution in [3.05, 3.63) is 29.8 Å². The first-order valence-corrected chi connectivity index (χ1v) is 9.59.